The fourth-order valence-electron chi connectivity index (χ4n) is 2.65. The van der Waals surface area contributed by atoms with Gasteiger partial charge in [0.1, 0.15) is 6.54 Å². The van der Waals surface area contributed by atoms with E-state index in [0.717, 1.165) is 32.4 Å². The number of aromatic carboxylic acids is 1. The summed E-state index contributed by atoms with van der Waals surface area (Å²) in [4.78, 5) is 24.7. The minimum atomic E-state index is -1.13. The van der Waals surface area contributed by atoms with Gasteiger partial charge in [-0.3, -0.25) is 4.79 Å². The number of piperidine rings is 1. The Morgan fingerprint density at radius 1 is 1.50 bits per heavy atom. The van der Waals surface area contributed by atoms with Crippen molar-refractivity contribution in [2.24, 2.45) is 5.92 Å². The Kier molecular flexibility index (Phi) is 4.70. The molecule has 7 heteroatoms. The second kappa shape index (κ2) is 6.49. The summed E-state index contributed by atoms with van der Waals surface area (Å²) in [6.45, 7) is 3.79. The van der Waals surface area contributed by atoms with Crippen LogP contribution in [0.5, 0.6) is 0 Å². The number of hydrogen-bond donors (Lipinski definition) is 1. The molecule has 1 fully saturated rings. The number of rotatable bonds is 5. The lowest BCUT2D eigenvalue weighted by Crippen LogP contribution is -2.41. The molecule has 0 saturated carbocycles. The van der Waals surface area contributed by atoms with E-state index in [9.17, 15) is 9.59 Å². The Bertz CT molecular complexity index is 484. The molecule has 1 saturated heterocycles. The van der Waals surface area contributed by atoms with Crippen LogP contribution < -0.4 is 0 Å². The standard InChI is InChI=1S/C13H20N4O3/c1-2-4-10-5-3-6-16(7-10)12(18)9-17-8-11(13(19)20)14-15-17/h8,10H,2-7,9H2,1H3,(H,19,20). The van der Waals surface area contributed by atoms with Gasteiger partial charge in [-0.15, -0.1) is 5.10 Å². The number of carboxylic acid groups (broad SMARTS) is 1. The highest BCUT2D eigenvalue weighted by Gasteiger charge is 2.23. The summed E-state index contributed by atoms with van der Waals surface area (Å²) in [7, 11) is 0. The van der Waals surface area contributed by atoms with Crippen LogP contribution in [0, 0.1) is 5.92 Å². The van der Waals surface area contributed by atoms with Gasteiger partial charge in [0.15, 0.2) is 5.69 Å². The zero-order valence-electron chi connectivity index (χ0n) is 11.7. The van der Waals surface area contributed by atoms with E-state index in [4.69, 9.17) is 5.11 Å². The molecule has 0 radical (unpaired) electrons. The number of aromatic nitrogens is 3. The average molecular weight is 280 g/mol. The smallest absolute Gasteiger partial charge is 0.358 e. The van der Waals surface area contributed by atoms with Crippen molar-refractivity contribution >= 4 is 11.9 Å². The SMILES string of the molecule is CCCC1CCCN(C(=O)Cn2cc(C(=O)O)nn2)C1. The van der Waals surface area contributed by atoms with E-state index in [1.807, 2.05) is 4.90 Å². The van der Waals surface area contributed by atoms with Crippen molar-refractivity contribution in [1.29, 1.82) is 0 Å². The molecule has 1 aliphatic rings. The van der Waals surface area contributed by atoms with Gasteiger partial charge in [0.25, 0.3) is 0 Å². The molecule has 2 heterocycles. The van der Waals surface area contributed by atoms with Crippen LogP contribution in [0.15, 0.2) is 6.20 Å². The van der Waals surface area contributed by atoms with E-state index < -0.39 is 5.97 Å². The maximum Gasteiger partial charge on any atom is 0.358 e. The number of carboxylic acids is 1. The first-order valence-electron chi connectivity index (χ1n) is 7.01. The van der Waals surface area contributed by atoms with E-state index in [-0.39, 0.29) is 18.1 Å². The largest absolute Gasteiger partial charge is 0.476 e. The fraction of sp³-hybridized carbons (Fsp3) is 0.692. The third-order valence-corrected chi connectivity index (χ3v) is 3.62. The van der Waals surface area contributed by atoms with E-state index in [0.29, 0.717) is 5.92 Å². The molecule has 1 aromatic rings. The first-order valence-corrected chi connectivity index (χ1v) is 7.01. The monoisotopic (exact) mass is 280 g/mol. The molecule has 1 aliphatic heterocycles. The van der Waals surface area contributed by atoms with Crippen molar-refractivity contribution in [2.45, 2.75) is 39.2 Å². The maximum atomic E-state index is 12.2. The van der Waals surface area contributed by atoms with Gasteiger partial charge in [0.2, 0.25) is 5.91 Å². The Hall–Kier alpha value is -1.92. The lowest BCUT2D eigenvalue weighted by Gasteiger charge is -2.32. The molecule has 1 atom stereocenters. The predicted octanol–water partition coefficient (Wildman–Crippen LogP) is 1.01. The van der Waals surface area contributed by atoms with Crippen molar-refractivity contribution in [3.63, 3.8) is 0 Å². The summed E-state index contributed by atoms with van der Waals surface area (Å²) in [5.41, 5.74) is -0.139. The molecule has 7 nitrogen and oxygen atoms in total. The molecule has 1 aromatic heterocycles. The van der Waals surface area contributed by atoms with Crippen LogP contribution in [0.3, 0.4) is 0 Å². The van der Waals surface area contributed by atoms with Crippen LogP contribution in [0.4, 0.5) is 0 Å². The third kappa shape index (κ3) is 3.55. The van der Waals surface area contributed by atoms with Gasteiger partial charge < -0.3 is 10.0 Å². The number of hydrogen-bond acceptors (Lipinski definition) is 4. The predicted molar refractivity (Wildman–Crippen MR) is 71.2 cm³/mol. The molecule has 0 spiro atoms. The summed E-state index contributed by atoms with van der Waals surface area (Å²) in [6, 6.07) is 0. The maximum absolute atomic E-state index is 12.2. The third-order valence-electron chi connectivity index (χ3n) is 3.62. The Morgan fingerprint density at radius 3 is 2.95 bits per heavy atom. The first-order chi connectivity index (χ1) is 9.60. The highest BCUT2D eigenvalue weighted by molar-refractivity contribution is 5.84. The fourth-order valence-corrected chi connectivity index (χ4v) is 2.65. The molecule has 110 valence electrons. The van der Waals surface area contributed by atoms with E-state index >= 15 is 0 Å². The molecule has 0 bridgehead atoms. The molecule has 1 N–H and O–H groups in total. The van der Waals surface area contributed by atoms with Crippen LogP contribution in [0.1, 0.15) is 43.1 Å². The molecule has 0 aliphatic carbocycles. The minimum absolute atomic E-state index is 0.0207. The van der Waals surface area contributed by atoms with Crippen molar-refractivity contribution in [3.05, 3.63) is 11.9 Å². The van der Waals surface area contributed by atoms with E-state index in [1.165, 1.54) is 17.3 Å². The molecular weight excluding hydrogens is 260 g/mol. The summed E-state index contributed by atoms with van der Waals surface area (Å²) < 4.78 is 1.29. The highest BCUT2D eigenvalue weighted by Crippen LogP contribution is 2.20. The Labute approximate surface area is 117 Å². The molecule has 1 amide bonds. The number of carbonyl (C=O) groups is 2. The van der Waals surface area contributed by atoms with Gasteiger partial charge in [-0.05, 0) is 25.2 Å². The van der Waals surface area contributed by atoms with Crippen molar-refractivity contribution < 1.29 is 14.7 Å². The van der Waals surface area contributed by atoms with Gasteiger partial charge in [-0.2, -0.15) is 0 Å². The summed E-state index contributed by atoms with van der Waals surface area (Å²) in [5, 5.41) is 15.9. The van der Waals surface area contributed by atoms with Crippen LogP contribution in [0.2, 0.25) is 0 Å². The first kappa shape index (κ1) is 14.5. The van der Waals surface area contributed by atoms with E-state index in [1.54, 1.807) is 0 Å². The quantitative estimate of drug-likeness (QED) is 0.869. The van der Waals surface area contributed by atoms with Crippen molar-refractivity contribution in [1.82, 2.24) is 19.9 Å². The summed E-state index contributed by atoms with van der Waals surface area (Å²) in [6.07, 6.45) is 5.79. The van der Waals surface area contributed by atoms with E-state index in [2.05, 4.69) is 17.2 Å². The number of likely N-dealkylation sites (tertiary alicyclic amines) is 1. The highest BCUT2D eigenvalue weighted by atomic mass is 16.4. The number of nitrogens with zero attached hydrogens (tertiary/aromatic N) is 4. The molecule has 1 unspecified atom stereocenters. The van der Waals surface area contributed by atoms with Gasteiger partial charge in [0.05, 0.1) is 6.20 Å². The van der Waals surface area contributed by atoms with Crippen molar-refractivity contribution in [3.8, 4) is 0 Å². The van der Waals surface area contributed by atoms with Crippen LogP contribution in [0.25, 0.3) is 0 Å². The van der Waals surface area contributed by atoms with Gasteiger partial charge in [0, 0.05) is 13.1 Å². The van der Waals surface area contributed by atoms with Crippen LogP contribution >= 0.6 is 0 Å². The summed E-state index contributed by atoms with van der Waals surface area (Å²) in [5.74, 6) is -0.569. The Morgan fingerprint density at radius 2 is 2.30 bits per heavy atom. The average Bonchev–Trinajstić information content (AvgIpc) is 2.88. The lowest BCUT2D eigenvalue weighted by atomic mass is 9.94. The van der Waals surface area contributed by atoms with Crippen LogP contribution in [-0.2, 0) is 11.3 Å². The van der Waals surface area contributed by atoms with Gasteiger partial charge in [-0.25, -0.2) is 9.48 Å². The lowest BCUT2D eigenvalue weighted by molar-refractivity contribution is -0.133. The Balaban J connectivity index is 1.91. The molecule has 2 rings (SSSR count). The minimum Gasteiger partial charge on any atom is -0.476 e. The zero-order chi connectivity index (χ0) is 14.5. The van der Waals surface area contributed by atoms with Gasteiger partial charge in [-0.1, -0.05) is 18.6 Å². The van der Waals surface area contributed by atoms with Crippen LogP contribution in [-0.4, -0.2) is 50.0 Å². The second-order valence-electron chi connectivity index (χ2n) is 5.24. The zero-order valence-corrected chi connectivity index (χ0v) is 11.7. The topological polar surface area (TPSA) is 88.3 Å². The molecular formula is C13H20N4O3. The molecule has 0 aromatic carbocycles. The van der Waals surface area contributed by atoms with Crippen molar-refractivity contribution in [2.75, 3.05) is 13.1 Å². The normalized spacial score (nSPS) is 19.1. The second-order valence-corrected chi connectivity index (χ2v) is 5.24. The summed E-state index contributed by atoms with van der Waals surface area (Å²) >= 11 is 0. The molecule has 20 heavy (non-hydrogen) atoms. The number of amides is 1. The van der Waals surface area contributed by atoms with Gasteiger partial charge >= 0.3 is 5.97 Å². The number of carbonyl (C=O) groups excluding carboxylic acids is 1.